The fourth-order valence-corrected chi connectivity index (χ4v) is 2.84. The summed E-state index contributed by atoms with van der Waals surface area (Å²) in [4.78, 5) is 7.11. The molecule has 0 aromatic carbocycles. The summed E-state index contributed by atoms with van der Waals surface area (Å²) in [6.07, 6.45) is 7.03. The minimum Gasteiger partial charge on any atom is -0.348 e. The molecule has 0 spiro atoms. The standard InChI is InChI=1S/C12H18N2/c1-8-12-6-5-11(10-3-4-10)7-14(12)9(2)13-8/h6,9-11H,3-5,7H2,1-2H3. The fourth-order valence-electron chi connectivity index (χ4n) is 2.84. The topological polar surface area (TPSA) is 15.6 Å². The van der Waals surface area contributed by atoms with E-state index >= 15 is 0 Å². The van der Waals surface area contributed by atoms with Gasteiger partial charge in [-0.25, -0.2) is 0 Å². The van der Waals surface area contributed by atoms with Crippen LogP contribution < -0.4 is 0 Å². The van der Waals surface area contributed by atoms with Gasteiger partial charge in [0, 0.05) is 6.54 Å². The van der Waals surface area contributed by atoms with Gasteiger partial charge in [0.05, 0.1) is 11.4 Å². The van der Waals surface area contributed by atoms with E-state index in [9.17, 15) is 0 Å². The van der Waals surface area contributed by atoms with Gasteiger partial charge in [0.1, 0.15) is 6.17 Å². The number of nitrogens with zero attached hydrogens (tertiary/aromatic N) is 2. The van der Waals surface area contributed by atoms with E-state index in [1.54, 1.807) is 0 Å². The molecule has 0 bridgehead atoms. The van der Waals surface area contributed by atoms with Gasteiger partial charge in [-0.05, 0) is 44.9 Å². The third-order valence-corrected chi connectivity index (χ3v) is 3.85. The molecule has 2 atom stereocenters. The Kier molecular flexibility index (Phi) is 1.73. The summed E-state index contributed by atoms with van der Waals surface area (Å²) in [5.41, 5.74) is 2.65. The van der Waals surface area contributed by atoms with Gasteiger partial charge in [-0.15, -0.1) is 0 Å². The zero-order valence-electron chi connectivity index (χ0n) is 9.03. The van der Waals surface area contributed by atoms with Crippen LogP contribution in [0.5, 0.6) is 0 Å². The molecule has 76 valence electrons. The molecule has 2 heteroatoms. The van der Waals surface area contributed by atoms with Crippen LogP contribution in [0.4, 0.5) is 0 Å². The molecule has 14 heavy (non-hydrogen) atoms. The Bertz CT molecular complexity index is 312. The lowest BCUT2D eigenvalue weighted by atomic mass is 9.94. The van der Waals surface area contributed by atoms with Crippen molar-refractivity contribution in [1.29, 1.82) is 0 Å². The van der Waals surface area contributed by atoms with Crippen LogP contribution in [0, 0.1) is 11.8 Å². The summed E-state index contributed by atoms with van der Waals surface area (Å²) >= 11 is 0. The third kappa shape index (κ3) is 1.20. The molecule has 0 amide bonds. The normalized spacial score (nSPS) is 36.6. The predicted molar refractivity (Wildman–Crippen MR) is 58.2 cm³/mol. The molecule has 2 unspecified atom stereocenters. The zero-order valence-corrected chi connectivity index (χ0v) is 9.03. The Morgan fingerprint density at radius 2 is 2.14 bits per heavy atom. The van der Waals surface area contributed by atoms with Gasteiger partial charge in [0.2, 0.25) is 0 Å². The van der Waals surface area contributed by atoms with Crippen LogP contribution in [0.15, 0.2) is 16.8 Å². The summed E-state index contributed by atoms with van der Waals surface area (Å²) in [5, 5.41) is 0. The molecule has 0 radical (unpaired) electrons. The highest BCUT2D eigenvalue weighted by Gasteiger charge is 2.37. The molecule has 1 saturated carbocycles. The lowest BCUT2D eigenvalue weighted by Crippen LogP contribution is -2.36. The first kappa shape index (κ1) is 8.51. The van der Waals surface area contributed by atoms with Crippen LogP contribution in [0.3, 0.4) is 0 Å². The molecule has 2 nitrogen and oxygen atoms in total. The van der Waals surface area contributed by atoms with Crippen LogP contribution in [-0.4, -0.2) is 23.3 Å². The lowest BCUT2D eigenvalue weighted by Gasteiger charge is -2.33. The van der Waals surface area contributed by atoms with E-state index in [0.29, 0.717) is 6.17 Å². The minimum atomic E-state index is 0.391. The second kappa shape index (κ2) is 2.85. The second-order valence-electron chi connectivity index (χ2n) is 4.92. The SMILES string of the molecule is CC1=NC(C)N2CC(C3CC3)CC=C12. The molecule has 0 aromatic rings. The molecular formula is C12H18N2. The van der Waals surface area contributed by atoms with E-state index in [4.69, 9.17) is 0 Å². The van der Waals surface area contributed by atoms with E-state index < -0.39 is 0 Å². The smallest absolute Gasteiger partial charge is 0.118 e. The third-order valence-electron chi connectivity index (χ3n) is 3.85. The molecule has 2 aliphatic heterocycles. The Morgan fingerprint density at radius 1 is 1.36 bits per heavy atom. The molecular weight excluding hydrogens is 172 g/mol. The molecule has 0 aromatic heterocycles. The van der Waals surface area contributed by atoms with Crippen molar-refractivity contribution >= 4 is 5.71 Å². The highest BCUT2D eigenvalue weighted by molar-refractivity contribution is 5.99. The van der Waals surface area contributed by atoms with Crippen molar-refractivity contribution < 1.29 is 0 Å². The quantitative estimate of drug-likeness (QED) is 0.620. The van der Waals surface area contributed by atoms with Gasteiger partial charge < -0.3 is 4.90 Å². The molecule has 0 saturated heterocycles. The molecule has 3 rings (SSSR count). The maximum Gasteiger partial charge on any atom is 0.118 e. The van der Waals surface area contributed by atoms with Crippen LogP contribution in [0.2, 0.25) is 0 Å². The summed E-state index contributed by atoms with van der Waals surface area (Å²) in [7, 11) is 0. The first-order valence-electron chi connectivity index (χ1n) is 5.77. The van der Waals surface area contributed by atoms with E-state index in [1.165, 1.54) is 37.2 Å². The molecule has 2 heterocycles. The Morgan fingerprint density at radius 3 is 2.86 bits per heavy atom. The van der Waals surface area contributed by atoms with Gasteiger partial charge in [-0.3, -0.25) is 4.99 Å². The zero-order chi connectivity index (χ0) is 9.71. The van der Waals surface area contributed by atoms with E-state index in [0.717, 1.165) is 11.8 Å². The number of rotatable bonds is 1. The predicted octanol–water partition coefficient (Wildman–Crippen LogP) is 2.42. The number of fused-ring (bicyclic) bond motifs is 1. The summed E-state index contributed by atoms with van der Waals surface area (Å²) < 4.78 is 0. The highest BCUT2D eigenvalue weighted by atomic mass is 15.3. The van der Waals surface area contributed by atoms with Crippen molar-refractivity contribution in [3.8, 4) is 0 Å². The maximum absolute atomic E-state index is 4.62. The Hall–Kier alpha value is -0.790. The summed E-state index contributed by atoms with van der Waals surface area (Å²) in [6, 6.07) is 0. The molecule has 1 aliphatic carbocycles. The number of allylic oxidation sites excluding steroid dienone is 2. The van der Waals surface area contributed by atoms with Crippen LogP contribution >= 0.6 is 0 Å². The number of aliphatic imine (C=N–C) groups is 1. The van der Waals surface area contributed by atoms with Gasteiger partial charge >= 0.3 is 0 Å². The van der Waals surface area contributed by atoms with Crippen molar-refractivity contribution in [2.24, 2.45) is 16.8 Å². The van der Waals surface area contributed by atoms with Crippen molar-refractivity contribution in [2.45, 2.75) is 39.3 Å². The first-order chi connectivity index (χ1) is 6.75. The van der Waals surface area contributed by atoms with Crippen molar-refractivity contribution in [3.05, 3.63) is 11.8 Å². The average Bonchev–Trinajstić information content (AvgIpc) is 2.96. The summed E-state index contributed by atoms with van der Waals surface area (Å²) in [5.74, 6) is 1.95. The Balaban J connectivity index is 1.82. The van der Waals surface area contributed by atoms with Gasteiger partial charge in [-0.1, -0.05) is 6.08 Å². The van der Waals surface area contributed by atoms with Gasteiger partial charge in [0.25, 0.3) is 0 Å². The largest absolute Gasteiger partial charge is 0.348 e. The molecule has 1 fully saturated rings. The van der Waals surface area contributed by atoms with Gasteiger partial charge in [-0.2, -0.15) is 0 Å². The lowest BCUT2D eigenvalue weighted by molar-refractivity contribution is 0.225. The van der Waals surface area contributed by atoms with Crippen molar-refractivity contribution in [2.75, 3.05) is 6.54 Å². The van der Waals surface area contributed by atoms with Crippen molar-refractivity contribution in [1.82, 2.24) is 4.90 Å². The van der Waals surface area contributed by atoms with E-state index in [1.807, 2.05) is 0 Å². The Labute approximate surface area is 85.7 Å². The first-order valence-corrected chi connectivity index (χ1v) is 5.77. The monoisotopic (exact) mass is 190 g/mol. The van der Waals surface area contributed by atoms with E-state index in [2.05, 4.69) is 29.8 Å². The van der Waals surface area contributed by atoms with Crippen LogP contribution in [0.1, 0.15) is 33.1 Å². The maximum atomic E-state index is 4.62. The highest BCUT2D eigenvalue weighted by Crippen LogP contribution is 2.42. The number of hydrogen-bond acceptors (Lipinski definition) is 2. The second-order valence-corrected chi connectivity index (χ2v) is 4.92. The number of hydrogen-bond donors (Lipinski definition) is 0. The van der Waals surface area contributed by atoms with Crippen molar-refractivity contribution in [3.63, 3.8) is 0 Å². The van der Waals surface area contributed by atoms with Crippen LogP contribution in [-0.2, 0) is 0 Å². The molecule has 3 aliphatic rings. The van der Waals surface area contributed by atoms with Gasteiger partial charge in [0.15, 0.2) is 0 Å². The molecule has 0 N–H and O–H groups in total. The summed E-state index contributed by atoms with van der Waals surface area (Å²) in [6.45, 7) is 5.60. The van der Waals surface area contributed by atoms with Crippen LogP contribution in [0.25, 0.3) is 0 Å². The fraction of sp³-hybridized carbons (Fsp3) is 0.750. The van der Waals surface area contributed by atoms with E-state index in [-0.39, 0.29) is 0 Å². The average molecular weight is 190 g/mol. The minimum absolute atomic E-state index is 0.391.